The number of anilines is 3. The number of H-pyrrole nitrogens is 1. The van der Waals surface area contributed by atoms with Crippen molar-refractivity contribution in [3.05, 3.63) is 114 Å². The van der Waals surface area contributed by atoms with Gasteiger partial charge in [0.05, 0.1) is 29.2 Å². The molecule has 5 aromatic rings. The van der Waals surface area contributed by atoms with Crippen molar-refractivity contribution >= 4 is 39.7 Å². The van der Waals surface area contributed by atoms with E-state index in [1.807, 2.05) is 90.8 Å². The normalized spacial score (nSPS) is 12.6. The van der Waals surface area contributed by atoms with E-state index in [1.54, 1.807) is 0 Å². The van der Waals surface area contributed by atoms with Gasteiger partial charge >= 0.3 is 0 Å². The second-order valence-corrected chi connectivity index (χ2v) is 9.46. The van der Waals surface area contributed by atoms with Crippen LogP contribution in [0.3, 0.4) is 0 Å². The van der Waals surface area contributed by atoms with Gasteiger partial charge in [-0.05, 0) is 70.1 Å². The lowest BCUT2D eigenvalue weighted by Gasteiger charge is -2.24. The molecule has 182 valence electrons. The van der Waals surface area contributed by atoms with E-state index >= 15 is 0 Å². The highest BCUT2D eigenvalue weighted by Crippen LogP contribution is 2.39. The molecular formula is C32H27N3O2. The Morgan fingerprint density at radius 1 is 0.811 bits per heavy atom. The van der Waals surface area contributed by atoms with E-state index in [9.17, 15) is 9.59 Å². The Bertz CT molecular complexity index is 1640. The molecule has 4 aromatic carbocycles. The summed E-state index contributed by atoms with van der Waals surface area (Å²) in [6, 6.07) is 30.2. The number of aromatic nitrogens is 1. The quantitative estimate of drug-likeness (QED) is 0.266. The molecule has 0 spiro atoms. The highest BCUT2D eigenvalue weighted by atomic mass is 16.2. The summed E-state index contributed by atoms with van der Waals surface area (Å²) in [6.45, 7) is 2.30. The number of nitrogens with zero attached hydrogens (tertiary/aromatic N) is 1. The van der Waals surface area contributed by atoms with Crippen LogP contribution >= 0.6 is 0 Å². The minimum atomic E-state index is -0.0753. The summed E-state index contributed by atoms with van der Waals surface area (Å²) in [4.78, 5) is 31.4. The number of aromatic amines is 1. The lowest BCUT2D eigenvalue weighted by atomic mass is 10.00. The summed E-state index contributed by atoms with van der Waals surface area (Å²) >= 11 is 0. The van der Waals surface area contributed by atoms with Crippen molar-refractivity contribution in [2.24, 2.45) is 0 Å². The molecule has 0 aliphatic carbocycles. The van der Waals surface area contributed by atoms with E-state index in [4.69, 9.17) is 0 Å². The lowest BCUT2D eigenvalue weighted by molar-refractivity contribution is -0.118. The number of fused-ring (bicyclic) bond motifs is 3. The molecule has 37 heavy (non-hydrogen) atoms. The van der Waals surface area contributed by atoms with Crippen LogP contribution in [0.4, 0.5) is 17.1 Å². The predicted octanol–water partition coefficient (Wildman–Crippen LogP) is 7.26. The van der Waals surface area contributed by atoms with Crippen LogP contribution in [-0.2, 0) is 17.8 Å². The molecule has 1 aromatic heterocycles. The molecule has 5 heteroatoms. The van der Waals surface area contributed by atoms with Crippen LogP contribution in [-0.4, -0.2) is 16.7 Å². The van der Waals surface area contributed by atoms with Gasteiger partial charge in [-0.15, -0.1) is 0 Å². The Kier molecular flexibility index (Phi) is 5.81. The van der Waals surface area contributed by atoms with E-state index in [1.165, 1.54) is 0 Å². The molecule has 0 unspecified atom stereocenters. The smallest absolute Gasteiger partial charge is 0.260 e. The number of rotatable bonds is 6. The van der Waals surface area contributed by atoms with Crippen LogP contribution < -0.4 is 10.2 Å². The summed E-state index contributed by atoms with van der Waals surface area (Å²) < 4.78 is 0. The Balaban J connectivity index is 1.45. The Labute approximate surface area is 215 Å². The van der Waals surface area contributed by atoms with E-state index < -0.39 is 0 Å². The van der Waals surface area contributed by atoms with Crippen LogP contribution in [0, 0.1) is 0 Å². The number of carbonyl (C=O) groups is 2. The number of hydrogen-bond donors (Lipinski definition) is 2. The van der Waals surface area contributed by atoms with Gasteiger partial charge in [0.25, 0.3) is 5.91 Å². The summed E-state index contributed by atoms with van der Waals surface area (Å²) in [6.07, 6.45) is 2.78. The maximum Gasteiger partial charge on any atom is 0.260 e. The van der Waals surface area contributed by atoms with Crippen LogP contribution in [0.25, 0.3) is 22.0 Å². The third-order valence-electron chi connectivity index (χ3n) is 6.98. The minimum absolute atomic E-state index is 0.0753. The number of benzene rings is 4. The standard InChI is InChI=1S/C32H27N3O2/c1-2-26(36)16-22-8-11-30-31(17-22)35(20-21-6-4-3-5-7-21)32(37)27-19-24(10-13-29(27)34-30)23-9-12-28-25(18-23)14-15-33-28/h3-15,17-19,33-34H,2,16,20H2,1H3. The molecule has 0 bridgehead atoms. The van der Waals surface area contributed by atoms with Crippen LogP contribution in [0.2, 0.25) is 0 Å². The highest BCUT2D eigenvalue weighted by Gasteiger charge is 2.28. The van der Waals surface area contributed by atoms with E-state index in [0.29, 0.717) is 24.9 Å². The molecule has 1 aliphatic rings. The molecule has 0 saturated carbocycles. The van der Waals surface area contributed by atoms with Gasteiger partial charge in [0, 0.05) is 24.6 Å². The molecular weight excluding hydrogens is 458 g/mol. The Hall–Kier alpha value is -4.64. The summed E-state index contributed by atoms with van der Waals surface area (Å²) in [7, 11) is 0. The van der Waals surface area contributed by atoms with Gasteiger partial charge < -0.3 is 15.2 Å². The maximum absolute atomic E-state index is 14.2. The van der Waals surface area contributed by atoms with Crippen molar-refractivity contribution in [1.82, 2.24) is 4.98 Å². The zero-order chi connectivity index (χ0) is 25.4. The number of carbonyl (C=O) groups excluding carboxylic acids is 2. The second-order valence-electron chi connectivity index (χ2n) is 9.46. The molecule has 2 heterocycles. The molecule has 1 aliphatic heterocycles. The highest BCUT2D eigenvalue weighted by molar-refractivity contribution is 6.14. The zero-order valence-corrected chi connectivity index (χ0v) is 20.6. The first-order valence-corrected chi connectivity index (χ1v) is 12.6. The fourth-order valence-electron chi connectivity index (χ4n) is 4.93. The summed E-state index contributed by atoms with van der Waals surface area (Å²) in [5.41, 5.74) is 8.07. The lowest BCUT2D eigenvalue weighted by Crippen LogP contribution is -2.30. The van der Waals surface area contributed by atoms with Crippen LogP contribution in [0.5, 0.6) is 0 Å². The number of amides is 1. The third-order valence-corrected chi connectivity index (χ3v) is 6.98. The predicted molar refractivity (Wildman–Crippen MR) is 149 cm³/mol. The second kappa shape index (κ2) is 9.43. The van der Waals surface area contributed by atoms with Gasteiger partial charge in [0.15, 0.2) is 0 Å². The fourth-order valence-corrected chi connectivity index (χ4v) is 4.93. The van der Waals surface area contributed by atoms with Gasteiger partial charge in [0.2, 0.25) is 0 Å². The topological polar surface area (TPSA) is 65.2 Å². The van der Waals surface area contributed by atoms with Crippen molar-refractivity contribution in [3.8, 4) is 11.1 Å². The van der Waals surface area contributed by atoms with Crippen molar-refractivity contribution in [2.45, 2.75) is 26.3 Å². The van der Waals surface area contributed by atoms with Crippen molar-refractivity contribution < 1.29 is 9.59 Å². The summed E-state index contributed by atoms with van der Waals surface area (Å²) in [5, 5.41) is 4.62. The van der Waals surface area contributed by atoms with E-state index in [-0.39, 0.29) is 11.7 Å². The first kappa shape index (κ1) is 22.8. The number of hydrogen-bond acceptors (Lipinski definition) is 3. The average Bonchev–Trinajstić information content (AvgIpc) is 3.37. The number of ketones is 1. The SMILES string of the molecule is CCC(=O)Cc1ccc2c(c1)N(Cc1ccccc1)C(=O)c1cc(-c3ccc4[nH]ccc4c3)ccc1N2. The molecule has 0 saturated heterocycles. The van der Waals surface area contributed by atoms with Crippen molar-refractivity contribution in [1.29, 1.82) is 0 Å². The van der Waals surface area contributed by atoms with Gasteiger partial charge in [-0.2, -0.15) is 0 Å². The molecule has 6 rings (SSSR count). The molecule has 0 fully saturated rings. The molecule has 5 nitrogen and oxygen atoms in total. The first-order valence-electron chi connectivity index (χ1n) is 12.6. The van der Waals surface area contributed by atoms with Gasteiger partial charge in [0.1, 0.15) is 5.78 Å². The monoisotopic (exact) mass is 485 g/mol. The fraction of sp³-hybridized carbons (Fsp3) is 0.125. The molecule has 0 radical (unpaired) electrons. The van der Waals surface area contributed by atoms with Gasteiger partial charge in [-0.3, -0.25) is 9.59 Å². The third kappa shape index (κ3) is 4.40. The largest absolute Gasteiger partial charge is 0.361 e. The van der Waals surface area contributed by atoms with Crippen molar-refractivity contribution in [3.63, 3.8) is 0 Å². The van der Waals surface area contributed by atoms with E-state index in [0.717, 1.165) is 50.2 Å². The maximum atomic E-state index is 14.2. The molecule has 0 atom stereocenters. The van der Waals surface area contributed by atoms with E-state index in [2.05, 4.69) is 28.5 Å². The molecule has 2 N–H and O–H groups in total. The Morgan fingerprint density at radius 3 is 2.43 bits per heavy atom. The number of nitrogens with one attached hydrogen (secondary N) is 2. The van der Waals surface area contributed by atoms with Crippen LogP contribution in [0.15, 0.2) is 97.2 Å². The first-order chi connectivity index (χ1) is 18.1. The van der Waals surface area contributed by atoms with Gasteiger partial charge in [-0.25, -0.2) is 0 Å². The molecule has 1 amide bonds. The minimum Gasteiger partial charge on any atom is -0.361 e. The van der Waals surface area contributed by atoms with Crippen molar-refractivity contribution in [2.75, 3.05) is 10.2 Å². The van der Waals surface area contributed by atoms with Crippen LogP contribution in [0.1, 0.15) is 34.8 Å². The zero-order valence-electron chi connectivity index (χ0n) is 20.6. The Morgan fingerprint density at radius 2 is 1.59 bits per heavy atom. The van der Waals surface area contributed by atoms with Gasteiger partial charge in [-0.1, -0.05) is 55.5 Å². The summed E-state index contributed by atoms with van der Waals surface area (Å²) in [5.74, 6) is 0.100. The average molecular weight is 486 g/mol. The number of Topliss-reactive ketones (excluding diaryl/α,β-unsaturated/α-hetero) is 1.